The Morgan fingerprint density at radius 2 is 1.67 bits per heavy atom. The van der Waals surface area contributed by atoms with Crippen molar-refractivity contribution >= 4 is 40.2 Å². The van der Waals surface area contributed by atoms with Crippen molar-refractivity contribution in [1.29, 1.82) is 0 Å². The van der Waals surface area contributed by atoms with E-state index < -0.39 is 0 Å². The fourth-order valence-corrected chi connectivity index (χ4v) is 6.55. The van der Waals surface area contributed by atoms with Crippen LogP contribution in [0.2, 0.25) is 0 Å². The van der Waals surface area contributed by atoms with Crippen LogP contribution in [0.15, 0.2) is 64.5 Å². The highest BCUT2D eigenvalue weighted by atomic mass is 32.2. The van der Waals surface area contributed by atoms with Crippen LogP contribution in [-0.4, -0.2) is 75.7 Å². The Bertz CT molecular complexity index is 1350. The van der Waals surface area contributed by atoms with Crippen LogP contribution in [0, 0.1) is 0 Å². The van der Waals surface area contributed by atoms with Gasteiger partial charge in [-0.1, -0.05) is 49.0 Å². The maximum Gasteiger partial charge on any atom is 0.262 e. The lowest BCUT2D eigenvalue weighted by atomic mass is 10.0. The van der Waals surface area contributed by atoms with Gasteiger partial charge in [-0.2, -0.15) is 0 Å². The average molecular weight is 548 g/mol. The number of aromatic nitrogens is 2. The molecule has 1 aromatic heterocycles. The largest absolute Gasteiger partial charge is 0.368 e. The number of anilines is 1. The molecule has 1 unspecified atom stereocenters. The van der Waals surface area contributed by atoms with Gasteiger partial charge in [0.15, 0.2) is 5.16 Å². The molecule has 3 aromatic rings. The number of hydrogen-bond acceptors (Lipinski definition) is 6. The van der Waals surface area contributed by atoms with E-state index in [1.807, 2.05) is 46.2 Å². The van der Waals surface area contributed by atoms with Crippen molar-refractivity contribution in [2.45, 2.75) is 56.8 Å². The zero-order chi connectivity index (χ0) is 27.2. The number of hydrogen-bond donors (Lipinski definition) is 0. The summed E-state index contributed by atoms with van der Waals surface area (Å²) in [6.07, 6.45) is 4.42. The summed E-state index contributed by atoms with van der Waals surface area (Å²) in [5.41, 5.74) is 1.62. The van der Waals surface area contributed by atoms with Crippen molar-refractivity contribution in [3.8, 4) is 0 Å². The lowest BCUT2D eigenvalue weighted by Gasteiger charge is -2.36. The van der Waals surface area contributed by atoms with Crippen LogP contribution in [0.1, 0.15) is 39.0 Å². The molecule has 2 fully saturated rings. The number of piperidine rings is 1. The number of carbonyl (C=O) groups is 2. The van der Waals surface area contributed by atoms with Crippen molar-refractivity contribution in [3.05, 3.63) is 65.0 Å². The first-order valence-corrected chi connectivity index (χ1v) is 15.0. The van der Waals surface area contributed by atoms with Crippen molar-refractivity contribution < 1.29 is 9.59 Å². The first-order chi connectivity index (χ1) is 19.0. The topological polar surface area (TPSA) is 78.8 Å². The van der Waals surface area contributed by atoms with Crippen molar-refractivity contribution in [3.63, 3.8) is 0 Å². The van der Waals surface area contributed by atoms with Crippen LogP contribution >= 0.6 is 11.8 Å². The minimum Gasteiger partial charge on any atom is -0.368 e. The second kappa shape index (κ2) is 12.7. The van der Waals surface area contributed by atoms with Gasteiger partial charge in [0.25, 0.3) is 5.56 Å². The van der Waals surface area contributed by atoms with Crippen molar-refractivity contribution in [2.24, 2.45) is 0 Å². The summed E-state index contributed by atoms with van der Waals surface area (Å²) in [4.78, 5) is 50.7. The second-order valence-corrected chi connectivity index (χ2v) is 11.2. The summed E-state index contributed by atoms with van der Waals surface area (Å²) in [7, 11) is 0. The minimum absolute atomic E-state index is 0.0360. The molecule has 8 nitrogen and oxygen atoms in total. The molecular formula is C30H37N5O3S. The van der Waals surface area contributed by atoms with Crippen LogP contribution in [0.25, 0.3) is 10.9 Å². The smallest absolute Gasteiger partial charge is 0.262 e. The highest BCUT2D eigenvalue weighted by molar-refractivity contribution is 7.99. The summed E-state index contributed by atoms with van der Waals surface area (Å²) in [6, 6.07) is 17.8. The van der Waals surface area contributed by atoms with Crippen LogP contribution in [0.5, 0.6) is 0 Å². The van der Waals surface area contributed by atoms with Gasteiger partial charge in [0.1, 0.15) is 0 Å². The zero-order valence-corrected chi connectivity index (χ0v) is 23.4. The highest BCUT2D eigenvalue weighted by Crippen LogP contribution is 2.24. The van der Waals surface area contributed by atoms with Gasteiger partial charge in [-0.15, -0.1) is 0 Å². The van der Waals surface area contributed by atoms with Gasteiger partial charge in [-0.05, 0) is 49.9 Å². The van der Waals surface area contributed by atoms with E-state index >= 15 is 0 Å². The third-order valence-electron chi connectivity index (χ3n) is 7.87. The molecule has 3 heterocycles. The van der Waals surface area contributed by atoms with E-state index in [2.05, 4.69) is 24.0 Å². The van der Waals surface area contributed by atoms with E-state index in [0.717, 1.165) is 45.3 Å². The Morgan fingerprint density at radius 3 is 2.44 bits per heavy atom. The number of nitrogens with zero attached hydrogens (tertiary/aromatic N) is 5. The second-order valence-electron chi connectivity index (χ2n) is 10.3. The SMILES string of the molecule is CCC1CCCCN1C(=O)CSc1nc2ccccc2c(=O)n1CCC(=O)N1CCN(c2ccccc2)CC1. The maximum absolute atomic E-state index is 13.5. The fraction of sp³-hybridized carbons (Fsp3) is 0.467. The predicted molar refractivity (Wildman–Crippen MR) is 156 cm³/mol. The molecule has 0 N–H and O–H groups in total. The first-order valence-electron chi connectivity index (χ1n) is 14.0. The maximum atomic E-state index is 13.5. The zero-order valence-electron chi connectivity index (χ0n) is 22.6. The molecule has 0 bridgehead atoms. The number of benzene rings is 2. The number of para-hydroxylation sites is 2. The molecule has 9 heteroatoms. The monoisotopic (exact) mass is 547 g/mol. The number of rotatable bonds is 8. The molecule has 2 aliphatic rings. The third-order valence-corrected chi connectivity index (χ3v) is 8.83. The first kappa shape index (κ1) is 27.2. The lowest BCUT2D eigenvalue weighted by molar-refractivity contribution is -0.132. The normalized spacial score (nSPS) is 18.0. The number of carbonyl (C=O) groups excluding carboxylic acids is 2. The average Bonchev–Trinajstić information content (AvgIpc) is 3.00. The fourth-order valence-electron chi connectivity index (χ4n) is 5.64. The molecular weight excluding hydrogens is 510 g/mol. The summed E-state index contributed by atoms with van der Waals surface area (Å²) < 4.78 is 1.59. The summed E-state index contributed by atoms with van der Waals surface area (Å²) >= 11 is 1.30. The van der Waals surface area contributed by atoms with Gasteiger partial charge in [-0.3, -0.25) is 19.0 Å². The van der Waals surface area contributed by atoms with Crippen LogP contribution in [-0.2, 0) is 16.1 Å². The molecule has 2 aromatic carbocycles. The standard InChI is InChI=1S/C30H37N5O3S/c1-2-23-10-8-9-16-34(23)28(37)22-39-30-31-26-14-7-6-13-25(26)29(38)35(30)17-15-27(36)33-20-18-32(19-21-33)24-11-4-3-5-12-24/h3-7,11-14,23H,2,8-10,15-22H2,1H3. The Labute approximate surface area is 234 Å². The molecule has 0 saturated carbocycles. The lowest BCUT2D eigenvalue weighted by Crippen LogP contribution is -2.49. The molecule has 39 heavy (non-hydrogen) atoms. The molecule has 5 rings (SSSR count). The van der Waals surface area contributed by atoms with Gasteiger partial charge in [0.2, 0.25) is 11.8 Å². The Morgan fingerprint density at radius 1 is 0.923 bits per heavy atom. The Balaban J connectivity index is 1.26. The van der Waals surface area contributed by atoms with Gasteiger partial charge in [0, 0.05) is 57.4 Å². The van der Waals surface area contributed by atoms with E-state index in [1.54, 1.807) is 10.6 Å². The molecule has 0 aliphatic carbocycles. The van der Waals surface area contributed by atoms with Crippen molar-refractivity contribution in [1.82, 2.24) is 19.4 Å². The molecule has 206 valence electrons. The van der Waals surface area contributed by atoms with Crippen LogP contribution in [0.4, 0.5) is 5.69 Å². The highest BCUT2D eigenvalue weighted by Gasteiger charge is 2.26. The summed E-state index contributed by atoms with van der Waals surface area (Å²) in [5, 5.41) is 1.03. The van der Waals surface area contributed by atoms with E-state index in [9.17, 15) is 14.4 Å². The number of piperazine rings is 1. The Kier molecular flexibility index (Phi) is 8.86. The molecule has 0 spiro atoms. The van der Waals surface area contributed by atoms with Gasteiger partial charge < -0.3 is 14.7 Å². The van der Waals surface area contributed by atoms with E-state index in [1.165, 1.54) is 17.4 Å². The number of fused-ring (bicyclic) bond motifs is 1. The molecule has 2 saturated heterocycles. The molecule has 0 radical (unpaired) electrons. The van der Waals surface area contributed by atoms with Gasteiger partial charge in [0.05, 0.1) is 16.7 Å². The van der Waals surface area contributed by atoms with E-state index in [4.69, 9.17) is 4.98 Å². The quantitative estimate of drug-likeness (QED) is 0.313. The summed E-state index contributed by atoms with van der Waals surface area (Å²) in [6.45, 7) is 6.04. The number of likely N-dealkylation sites (tertiary alicyclic amines) is 1. The third kappa shape index (κ3) is 6.30. The minimum atomic E-state index is -0.165. The predicted octanol–water partition coefficient (Wildman–Crippen LogP) is 4.02. The van der Waals surface area contributed by atoms with Crippen LogP contribution in [0.3, 0.4) is 0 Å². The van der Waals surface area contributed by atoms with Crippen LogP contribution < -0.4 is 10.5 Å². The number of thioether (sulfide) groups is 1. The summed E-state index contributed by atoms with van der Waals surface area (Å²) in [5.74, 6) is 0.359. The van der Waals surface area contributed by atoms with E-state index in [-0.39, 0.29) is 36.1 Å². The van der Waals surface area contributed by atoms with Gasteiger partial charge in [-0.25, -0.2) is 4.98 Å². The van der Waals surface area contributed by atoms with E-state index in [0.29, 0.717) is 35.2 Å². The van der Waals surface area contributed by atoms with Gasteiger partial charge >= 0.3 is 0 Å². The molecule has 2 aliphatic heterocycles. The van der Waals surface area contributed by atoms with Crippen molar-refractivity contribution in [2.75, 3.05) is 43.4 Å². The number of amides is 2. The molecule has 1 atom stereocenters. The Hall–Kier alpha value is -3.33. The molecule has 2 amide bonds.